The summed E-state index contributed by atoms with van der Waals surface area (Å²) in [5, 5.41) is -0.0105. The molecule has 0 aliphatic heterocycles. The van der Waals surface area contributed by atoms with E-state index in [9.17, 15) is 18.4 Å². The molecule has 16 heavy (non-hydrogen) atoms. The Labute approximate surface area is 97.7 Å². The van der Waals surface area contributed by atoms with Crippen molar-refractivity contribution < 1.29 is 18.3 Å². The van der Waals surface area contributed by atoms with Gasteiger partial charge in [-0.15, -0.1) is 0 Å². The van der Waals surface area contributed by atoms with Crippen molar-refractivity contribution in [2.24, 2.45) is 0 Å². The predicted octanol–water partition coefficient (Wildman–Crippen LogP) is 1.99. The van der Waals surface area contributed by atoms with Gasteiger partial charge in [-0.2, -0.15) is 0 Å². The van der Waals surface area contributed by atoms with Crippen molar-refractivity contribution in [3.8, 4) is 0 Å². The summed E-state index contributed by atoms with van der Waals surface area (Å²) in [5.74, 6) is -0.861. The summed E-state index contributed by atoms with van der Waals surface area (Å²) in [4.78, 5) is 24.7. The van der Waals surface area contributed by atoms with Crippen LogP contribution in [0.2, 0.25) is 0 Å². The van der Waals surface area contributed by atoms with Crippen molar-refractivity contribution in [2.45, 2.75) is 11.8 Å². The number of rotatable bonds is 3. The van der Waals surface area contributed by atoms with Crippen LogP contribution in [0.4, 0.5) is 8.78 Å². The predicted molar refractivity (Wildman–Crippen MR) is 56.0 cm³/mol. The van der Waals surface area contributed by atoms with Crippen LogP contribution in [0.3, 0.4) is 0 Å². The highest BCUT2D eigenvalue weighted by Gasteiger charge is 2.19. The highest BCUT2D eigenvalue weighted by Crippen LogP contribution is 2.22. The van der Waals surface area contributed by atoms with Crippen molar-refractivity contribution in [3.05, 3.63) is 33.2 Å². The number of carbonyl (C=O) groups is 1. The highest BCUT2D eigenvalue weighted by atomic mass is 79.9. The molecule has 0 saturated carbocycles. The average Bonchev–Trinajstić information content (AvgIpc) is 2.26. The van der Waals surface area contributed by atoms with Gasteiger partial charge in [0.2, 0.25) is 0 Å². The Hall–Kier alpha value is -1.24. The minimum Gasteiger partial charge on any atom is -0.464 e. The van der Waals surface area contributed by atoms with Crippen molar-refractivity contribution >= 4 is 21.9 Å². The number of H-pyrrole nitrogens is 1. The zero-order valence-electron chi connectivity index (χ0n) is 8.22. The summed E-state index contributed by atoms with van der Waals surface area (Å²) >= 11 is 2.94. The van der Waals surface area contributed by atoms with Crippen LogP contribution in [0.1, 0.15) is 28.0 Å². The molecule has 0 aliphatic rings. The number of nitrogens with one attached hydrogen (secondary N) is 1. The van der Waals surface area contributed by atoms with Gasteiger partial charge in [0.1, 0.15) is 5.69 Å². The Morgan fingerprint density at radius 3 is 2.69 bits per heavy atom. The fourth-order valence-corrected chi connectivity index (χ4v) is 1.74. The molecule has 1 heterocycles. The van der Waals surface area contributed by atoms with Crippen molar-refractivity contribution in [3.63, 3.8) is 0 Å². The fraction of sp³-hybridized carbons (Fsp3) is 0.333. The molecule has 0 amide bonds. The van der Waals surface area contributed by atoms with E-state index < -0.39 is 23.5 Å². The van der Waals surface area contributed by atoms with Crippen LogP contribution in [0.15, 0.2) is 10.9 Å². The molecule has 0 unspecified atom stereocenters. The van der Waals surface area contributed by atoms with E-state index in [0.717, 1.165) is 13.2 Å². The van der Waals surface area contributed by atoms with E-state index in [1.165, 1.54) is 0 Å². The van der Waals surface area contributed by atoms with Crippen LogP contribution in [-0.2, 0) is 10.1 Å². The van der Waals surface area contributed by atoms with Gasteiger partial charge in [-0.25, -0.2) is 13.6 Å². The smallest absolute Gasteiger partial charge is 0.354 e. The maximum absolute atomic E-state index is 12.6. The van der Waals surface area contributed by atoms with Gasteiger partial charge in [-0.1, -0.05) is 15.9 Å². The quantitative estimate of drug-likeness (QED) is 0.685. The Kier molecular flexibility index (Phi) is 4.17. The number of aromatic amines is 1. The Bertz CT molecular complexity index is 459. The molecule has 7 heteroatoms. The van der Waals surface area contributed by atoms with E-state index in [1.54, 1.807) is 0 Å². The number of aromatic nitrogens is 1. The second-order valence-corrected chi connectivity index (χ2v) is 3.43. The summed E-state index contributed by atoms with van der Waals surface area (Å²) < 4.78 is 29.6. The zero-order valence-corrected chi connectivity index (χ0v) is 9.81. The lowest BCUT2D eigenvalue weighted by Crippen LogP contribution is -2.20. The lowest BCUT2D eigenvalue weighted by atomic mass is 10.1. The standard InChI is InChI=1S/C9H8BrF2NO3/c1-16-9(15)6-2-4(7(11)12)5(3-10)8(14)13-6/h2,7H,3H2,1H3,(H,13,14). The van der Waals surface area contributed by atoms with Crippen LogP contribution in [0.25, 0.3) is 0 Å². The summed E-state index contributed by atoms with van der Waals surface area (Å²) in [6, 6.07) is 0.925. The highest BCUT2D eigenvalue weighted by molar-refractivity contribution is 9.08. The number of alkyl halides is 3. The van der Waals surface area contributed by atoms with Crippen LogP contribution >= 0.6 is 15.9 Å². The van der Waals surface area contributed by atoms with E-state index in [1.807, 2.05) is 0 Å². The fourth-order valence-electron chi connectivity index (χ4n) is 1.16. The minimum absolute atomic E-state index is 0.0105. The first-order valence-corrected chi connectivity index (χ1v) is 5.32. The van der Waals surface area contributed by atoms with Gasteiger partial charge in [0, 0.05) is 16.5 Å². The molecule has 4 nitrogen and oxygen atoms in total. The maximum atomic E-state index is 12.6. The summed E-state index contributed by atoms with van der Waals surface area (Å²) in [5.41, 5.74) is -1.58. The van der Waals surface area contributed by atoms with Gasteiger partial charge in [-0.3, -0.25) is 4.79 Å². The van der Waals surface area contributed by atoms with Crippen molar-refractivity contribution in [1.29, 1.82) is 0 Å². The third-order valence-corrected chi connectivity index (χ3v) is 2.51. The summed E-state index contributed by atoms with van der Waals surface area (Å²) in [6.45, 7) is 0. The van der Waals surface area contributed by atoms with Crippen molar-refractivity contribution in [2.75, 3.05) is 7.11 Å². The maximum Gasteiger partial charge on any atom is 0.354 e. The Morgan fingerprint density at radius 2 is 2.25 bits per heavy atom. The molecule has 1 aromatic heterocycles. The van der Waals surface area contributed by atoms with Gasteiger partial charge >= 0.3 is 5.97 Å². The van der Waals surface area contributed by atoms with Crippen LogP contribution < -0.4 is 5.56 Å². The molecular formula is C9H8BrF2NO3. The lowest BCUT2D eigenvalue weighted by molar-refractivity contribution is 0.0593. The molecule has 0 fully saturated rings. The van der Waals surface area contributed by atoms with E-state index >= 15 is 0 Å². The van der Waals surface area contributed by atoms with Crippen LogP contribution in [0.5, 0.6) is 0 Å². The van der Waals surface area contributed by atoms with Gasteiger partial charge in [0.15, 0.2) is 0 Å². The molecule has 0 spiro atoms. The molecule has 0 aromatic carbocycles. The molecule has 0 radical (unpaired) electrons. The first-order valence-electron chi connectivity index (χ1n) is 4.19. The molecule has 0 bridgehead atoms. The van der Waals surface area contributed by atoms with E-state index in [0.29, 0.717) is 0 Å². The molecule has 1 N–H and O–H groups in total. The number of pyridine rings is 1. The topological polar surface area (TPSA) is 59.2 Å². The molecule has 1 rings (SSSR count). The molecule has 1 aromatic rings. The molecule has 0 saturated heterocycles. The molecule has 0 aliphatic carbocycles. The third kappa shape index (κ3) is 2.46. The number of carbonyl (C=O) groups excluding carboxylic acids is 1. The first-order chi connectivity index (χ1) is 7.51. The SMILES string of the molecule is COC(=O)c1cc(C(F)F)c(CBr)c(=O)[nH]1. The number of esters is 1. The van der Waals surface area contributed by atoms with E-state index in [2.05, 4.69) is 25.7 Å². The van der Waals surface area contributed by atoms with E-state index in [-0.39, 0.29) is 16.6 Å². The van der Waals surface area contributed by atoms with E-state index in [4.69, 9.17) is 0 Å². The Balaban J connectivity index is 3.40. The third-order valence-electron chi connectivity index (χ3n) is 1.94. The second-order valence-electron chi connectivity index (χ2n) is 2.87. The molecule has 0 atom stereocenters. The normalized spacial score (nSPS) is 10.6. The van der Waals surface area contributed by atoms with Gasteiger partial charge in [-0.05, 0) is 6.07 Å². The Morgan fingerprint density at radius 1 is 1.62 bits per heavy atom. The second kappa shape index (κ2) is 5.20. The number of methoxy groups -OCH3 is 1. The molecular weight excluding hydrogens is 288 g/mol. The number of hydrogen-bond donors (Lipinski definition) is 1. The van der Waals surface area contributed by atoms with Crippen LogP contribution in [-0.4, -0.2) is 18.1 Å². The van der Waals surface area contributed by atoms with Gasteiger partial charge in [0.05, 0.1) is 7.11 Å². The molecule has 88 valence electrons. The van der Waals surface area contributed by atoms with Crippen molar-refractivity contribution in [1.82, 2.24) is 4.98 Å². The van der Waals surface area contributed by atoms with Gasteiger partial charge in [0.25, 0.3) is 12.0 Å². The minimum atomic E-state index is -2.82. The average molecular weight is 296 g/mol. The monoisotopic (exact) mass is 295 g/mol. The largest absolute Gasteiger partial charge is 0.464 e. The lowest BCUT2D eigenvalue weighted by Gasteiger charge is -2.07. The van der Waals surface area contributed by atoms with Crippen LogP contribution in [0, 0.1) is 0 Å². The zero-order chi connectivity index (χ0) is 12.3. The first kappa shape index (κ1) is 12.8. The summed E-state index contributed by atoms with van der Waals surface area (Å²) in [7, 11) is 1.10. The number of ether oxygens (including phenoxy) is 1. The number of halogens is 3. The summed E-state index contributed by atoms with van der Waals surface area (Å²) in [6.07, 6.45) is -2.82. The number of hydrogen-bond acceptors (Lipinski definition) is 3. The van der Waals surface area contributed by atoms with Gasteiger partial charge < -0.3 is 9.72 Å².